The second-order valence-electron chi connectivity index (χ2n) is 6.95. The van der Waals surface area contributed by atoms with Gasteiger partial charge in [0.05, 0.1) is 12.7 Å². The van der Waals surface area contributed by atoms with Gasteiger partial charge in [-0.15, -0.1) is 0 Å². The largest absolute Gasteiger partial charge is 0.479 e. The van der Waals surface area contributed by atoms with Crippen molar-refractivity contribution in [1.82, 2.24) is 5.32 Å². The SMILES string of the molecule is CC(C)(C)OC(=O)NC[C@H]1O[C@@H](C(=O)O)C[C@@H]1OCc1ccccc1. The Balaban J connectivity index is 1.90. The minimum atomic E-state index is -1.03. The molecule has 1 aromatic rings. The fourth-order valence-corrected chi connectivity index (χ4v) is 2.51. The van der Waals surface area contributed by atoms with Crippen LogP contribution in [0.1, 0.15) is 32.8 Å². The van der Waals surface area contributed by atoms with Crippen LogP contribution >= 0.6 is 0 Å². The van der Waals surface area contributed by atoms with Gasteiger partial charge in [0.1, 0.15) is 11.7 Å². The van der Waals surface area contributed by atoms with E-state index >= 15 is 0 Å². The van der Waals surface area contributed by atoms with Crippen molar-refractivity contribution in [2.45, 2.75) is 57.7 Å². The first-order valence-electron chi connectivity index (χ1n) is 8.25. The fraction of sp³-hybridized carbons (Fsp3) is 0.556. The van der Waals surface area contributed by atoms with E-state index in [1.54, 1.807) is 20.8 Å². The van der Waals surface area contributed by atoms with Crippen molar-refractivity contribution in [1.29, 1.82) is 0 Å². The van der Waals surface area contributed by atoms with Crippen LogP contribution in [0.2, 0.25) is 0 Å². The van der Waals surface area contributed by atoms with E-state index in [4.69, 9.17) is 14.2 Å². The van der Waals surface area contributed by atoms with Gasteiger partial charge in [-0.05, 0) is 26.3 Å². The van der Waals surface area contributed by atoms with E-state index in [0.717, 1.165) is 5.56 Å². The number of aliphatic carboxylic acids is 1. The van der Waals surface area contributed by atoms with Crippen molar-refractivity contribution < 1.29 is 28.9 Å². The lowest BCUT2D eigenvalue weighted by Gasteiger charge is -2.22. The third-order valence-corrected chi connectivity index (χ3v) is 3.63. The van der Waals surface area contributed by atoms with Gasteiger partial charge in [-0.25, -0.2) is 9.59 Å². The van der Waals surface area contributed by atoms with E-state index in [1.165, 1.54) is 0 Å². The average Bonchev–Trinajstić information content (AvgIpc) is 2.94. The zero-order valence-corrected chi connectivity index (χ0v) is 14.7. The first-order valence-corrected chi connectivity index (χ1v) is 8.25. The number of amides is 1. The molecule has 1 fully saturated rings. The average molecular weight is 351 g/mol. The molecule has 7 heteroatoms. The number of hydrogen-bond acceptors (Lipinski definition) is 5. The van der Waals surface area contributed by atoms with Crippen LogP contribution in [0.5, 0.6) is 0 Å². The second kappa shape index (κ2) is 8.31. The highest BCUT2D eigenvalue weighted by molar-refractivity contribution is 5.72. The highest BCUT2D eigenvalue weighted by Crippen LogP contribution is 2.24. The van der Waals surface area contributed by atoms with E-state index < -0.39 is 36.0 Å². The molecule has 2 rings (SSSR count). The van der Waals surface area contributed by atoms with Crippen LogP contribution in [0, 0.1) is 0 Å². The van der Waals surface area contributed by atoms with Gasteiger partial charge in [-0.3, -0.25) is 0 Å². The molecule has 0 aliphatic carbocycles. The number of carbonyl (C=O) groups excluding carboxylic acids is 1. The molecule has 2 N–H and O–H groups in total. The van der Waals surface area contributed by atoms with Crippen molar-refractivity contribution in [2.75, 3.05) is 6.54 Å². The molecular weight excluding hydrogens is 326 g/mol. The molecule has 1 saturated heterocycles. The Labute approximate surface area is 147 Å². The van der Waals surface area contributed by atoms with Gasteiger partial charge in [0.15, 0.2) is 6.10 Å². The third kappa shape index (κ3) is 6.36. The zero-order valence-electron chi connectivity index (χ0n) is 14.7. The molecular formula is C18H25NO6. The Hall–Kier alpha value is -2.12. The quantitative estimate of drug-likeness (QED) is 0.817. The van der Waals surface area contributed by atoms with E-state index in [0.29, 0.717) is 6.61 Å². The molecule has 138 valence electrons. The van der Waals surface area contributed by atoms with Gasteiger partial charge < -0.3 is 24.6 Å². The summed E-state index contributed by atoms with van der Waals surface area (Å²) in [5, 5.41) is 11.8. The molecule has 0 bridgehead atoms. The molecule has 1 heterocycles. The predicted molar refractivity (Wildman–Crippen MR) is 90.2 cm³/mol. The van der Waals surface area contributed by atoms with Crippen LogP contribution in [-0.4, -0.2) is 47.6 Å². The van der Waals surface area contributed by atoms with E-state index in [1.807, 2.05) is 30.3 Å². The Morgan fingerprint density at radius 2 is 1.96 bits per heavy atom. The lowest BCUT2D eigenvalue weighted by atomic mass is 10.1. The molecule has 0 unspecified atom stereocenters. The summed E-state index contributed by atoms with van der Waals surface area (Å²) in [6, 6.07) is 9.59. The summed E-state index contributed by atoms with van der Waals surface area (Å²) in [4.78, 5) is 23.0. The van der Waals surface area contributed by atoms with Gasteiger partial charge in [-0.1, -0.05) is 30.3 Å². The Morgan fingerprint density at radius 1 is 1.28 bits per heavy atom. The van der Waals surface area contributed by atoms with Gasteiger partial charge in [0, 0.05) is 13.0 Å². The van der Waals surface area contributed by atoms with Crippen LogP contribution in [0.25, 0.3) is 0 Å². The number of hydrogen-bond donors (Lipinski definition) is 2. The Bertz CT molecular complexity index is 583. The number of benzene rings is 1. The van der Waals surface area contributed by atoms with Crippen LogP contribution in [0.15, 0.2) is 30.3 Å². The molecule has 1 aliphatic heterocycles. The molecule has 3 atom stereocenters. The molecule has 0 spiro atoms. The molecule has 0 saturated carbocycles. The molecule has 1 aromatic carbocycles. The minimum absolute atomic E-state index is 0.123. The van der Waals surface area contributed by atoms with Crippen molar-refractivity contribution in [3.63, 3.8) is 0 Å². The van der Waals surface area contributed by atoms with E-state index in [2.05, 4.69) is 5.32 Å². The molecule has 25 heavy (non-hydrogen) atoms. The zero-order chi connectivity index (χ0) is 18.4. The normalized spacial score (nSPS) is 23.2. The number of rotatable bonds is 6. The number of nitrogens with one attached hydrogen (secondary N) is 1. The molecule has 1 amide bonds. The maximum atomic E-state index is 11.8. The fourth-order valence-electron chi connectivity index (χ4n) is 2.51. The minimum Gasteiger partial charge on any atom is -0.479 e. The maximum Gasteiger partial charge on any atom is 0.407 e. The number of alkyl carbamates (subject to hydrolysis) is 1. The standard InChI is InChI=1S/C18H25NO6/c1-18(2,3)25-17(22)19-10-15-13(9-14(24-15)16(20)21)23-11-12-7-5-4-6-8-12/h4-8,13-15H,9-11H2,1-3H3,(H,19,22)(H,20,21)/t13-,14+,15+/m0/s1. The summed E-state index contributed by atoms with van der Waals surface area (Å²) < 4.78 is 16.5. The highest BCUT2D eigenvalue weighted by atomic mass is 16.6. The van der Waals surface area contributed by atoms with Crippen molar-refractivity contribution >= 4 is 12.1 Å². The van der Waals surface area contributed by atoms with Gasteiger partial charge in [0.25, 0.3) is 0 Å². The molecule has 0 aromatic heterocycles. The van der Waals surface area contributed by atoms with Crippen molar-refractivity contribution in [3.8, 4) is 0 Å². The summed E-state index contributed by atoms with van der Waals surface area (Å²) in [5.74, 6) is -1.03. The van der Waals surface area contributed by atoms with Crippen molar-refractivity contribution in [3.05, 3.63) is 35.9 Å². The van der Waals surface area contributed by atoms with E-state index in [-0.39, 0.29) is 13.0 Å². The van der Waals surface area contributed by atoms with Crippen LogP contribution in [0.3, 0.4) is 0 Å². The Kier molecular flexibility index (Phi) is 6.39. The molecule has 1 aliphatic rings. The topological polar surface area (TPSA) is 94.1 Å². The second-order valence-corrected chi connectivity index (χ2v) is 6.95. The van der Waals surface area contributed by atoms with Gasteiger partial charge in [0.2, 0.25) is 0 Å². The summed E-state index contributed by atoms with van der Waals surface area (Å²) in [6.45, 7) is 5.78. The molecule has 0 radical (unpaired) electrons. The third-order valence-electron chi connectivity index (χ3n) is 3.63. The molecule has 7 nitrogen and oxygen atoms in total. The van der Waals surface area contributed by atoms with E-state index in [9.17, 15) is 14.7 Å². The maximum absolute atomic E-state index is 11.8. The number of ether oxygens (including phenoxy) is 3. The first-order chi connectivity index (χ1) is 11.7. The summed E-state index contributed by atoms with van der Waals surface area (Å²) in [6.07, 6.45) is -2.24. The van der Waals surface area contributed by atoms with Crippen LogP contribution < -0.4 is 5.32 Å². The summed E-state index contributed by atoms with van der Waals surface area (Å²) >= 11 is 0. The number of carbonyl (C=O) groups is 2. The smallest absolute Gasteiger partial charge is 0.407 e. The van der Waals surface area contributed by atoms with Crippen LogP contribution in [-0.2, 0) is 25.6 Å². The summed E-state index contributed by atoms with van der Waals surface area (Å²) in [5.41, 5.74) is 0.382. The number of carboxylic acids is 1. The summed E-state index contributed by atoms with van der Waals surface area (Å²) in [7, 11) is 0. The lowest BCUT2D eigenvalue weighted by Crippen LogP contribution is -2.40. The van der Waals surface area contributed by atoms with Gasteiger partial charge >= 0.3 is 12.1 Å². The highest BCUT2D eigenvalue weighted by Gasteiger charge is 2.40. The van der Waals surface area contributed by atoms with Gasteiger partial charge in [-0.2, -0.15) is 0 Å². The predicted octanol–water partition coefficient (Wildman–Crippen LogP) is 2.34. The number of carboxylic acid groups (broad SMARTS) is 1. The monoisotopic (exact) mass is 351 g/mol. The Morgan fingerprint density at radius 3 is 2.56 bits per heavy atom. The van der Waals surface area contributed by atoms with Crippen molar-refractivity contribution in [2.24, 2.45) is 0 Å². The first kappa shape index (κ1) is 19.2. The van der Waals surface area contributed by atoms with Crippen LogP contribution in [0.4, 0.5) is 4.79 Å². The lowest BCUT2D eigenvalue weighted by molar-refractivity contribution is -0.149.